The highest BCUT2D eigenvalue weighted by Crippen LogP contribution is 2.37. The molecular formula is C30H30O. The third-order valence-corrected chi connectivity index (χ3v) is 5.65. The minimum atomic E-state index is -0.161. The lowest BCUT2D eigenvalue weighted by molar-refractivity contribution is 0.0307. The highest BCUT2D eigenvalue weighted by Gasteiger charge is 2.24. The van der Waals surface area contributed by atoms with E-state index in [4.69, 9.17) is 4.74 Å². The van der Waals surface area contributed by atoms with E-state index in [1.54, 1.807) is 0 Å². The van der Waals surface area contributed by atoms with Crippen LogP contribution in [0.1, 0.15) is 56.7 Å². The lowest BCUT2D eigenvalue weighted by atomic mass is 9.95. The van der Waals surface area contributed by atoms with Gasteiger partial charge in [-0.1, -0.05) is 119 Å². The quantitative estimate of drug-likeness (QED) is 0.317. The maximum Gasteiger partial charge on any atom is 0.109 e. The normalized spacial score (nSPS) is 11.3. The fourth-order valence-corrected chi connectivity index (χ4v) is 4.17. The van der Waals surface area contributed by atoms with Crippen LogP contribution in [0.3, 0.4) is 0 Å². The zero-order chi connectivity index (χ0) is 21.8. The molecule has 0 spiro atoms. The molecule has 0 bridgehead atoms. The number of hydrogen-bond acceptors (Lipinski definition) is 1. The molecule has 1 nitrogen and oxygen atoms in total. The first-order valence-corrected chi connectivity index (χ1v) is 10.9. The van der Waals surface area contributed by atoms with Gasteiger partial charge in [-0.3, -0.25) is 0 Å². The molecular weight excluding hydrogens is 376 g/mol. The van der Waals surface area contributed by atoms with Crippen LogP contribution in [0.5, 0.6) is 0 Å². The second kappa shape index (κ2) is 9.32. The van der Waals surface area contributed by atoms with Crippen molar-refractivity contribution in [3.05, 3.63) is 142 Å². The van der Waals surface area contributed by atoms with Crippen LogP contribution in [-0.2, 0) is 4.74 Å². The van der Waals surface area contributed by atoms with Gasteiger partial charge >= 0.3 is 0 Å². The minimum absolute atomic E-state index is 0.161. The second-order valence-corrected chi connectivity index (χ2v) is 8.55. The zero-order valence-electron chi connectivity index (χ0n) is 18.8. The molecule has 0 atom stereocenters. The van der Waals surface area contributed by atoms with Gasteiger partial charge in [-0.15, -0.1) is 0 Å². The van der Waals surface area contributed by atoms with Crippen molar-refractivity contribution in [3.8, 4) is 0 Å². The Morgan fingerprint density at radius 1 is 0.419 bits per heavy atom. The number of hydrogen-bond donors (Lipinski definition) is 0. The van der Waals surface area contributed by atoms with Crippen LogP contribution in [0.2, 0.25) is 0 Å². The lowest BCUT2D eigenvalue weighted by Crippen LogP contribution is -2.14. The average molecular weight is 407 g/mol. The molecule has 0 aliphatic rings. The summed E-state index contributed by atoms with van der Waals surface area (Å²) in [6.07, 6.45) is -0.323. The van der Waals surface area contributed by atoms with E-state index in [1.807, 2.05) is 0 Å². The van der Waals surface area contributed by atoms with Crippen molar-refractivity contribution in [1.82, 2.24) is 0 Å². The van der Waals surface area contributed by atoms with Crippen LogP contribution in [0.15, 0.2) is 97.1 Å². The van der Waals surface area contributed by atoms with Gasteiger partial charge in [0.25, 0.3) is 0 Å². The molecule has 0 aliphatic heterocycles. The Labute approximate surface area is 186 Å². The van der Waals surface area contributed by atoms with E-state index in [9.17, 15) is 0 Å². The Morgan fingerprint density at radius 2 is 0.677 bits per heavy atom. The van der Waals surface area contributed by atoms with Crippen LogP contribution in [0.4, 0.5) is 0 Å². The van der Waals surface area contributed by atoms with Crippen LogP contribution in [0, 0.1) is 27.7 Å². The van der Waals surface area contributed by atoms with Crippen molar-refractivity contribution < 1.29 is 4.74 Å². The average Bonchev–Trinajstić information content (AvgIpc) is 2.74. The summed E-state index contributed by atoms with van der Waals surface area (Å²) in [5.41, 5.74) is 9.66. The van der Waals surface area contributed by atoms with Gasteiger partial charge in [0.05, 0.1) is 0 Å². The van der Waals surface area contributed by atoms with Gasteiger partial charge in [0.1, 0.15) is 12.2 Å². The van der Waals surface area contributed by atoms with Crippen molar-refractivity contribution >= 4 is 0 Å². The summed E-state index contributed by atoms with van der Waals surface area (Å²) < 4.78 is 7.01. The summed E-state index contributed by atoms with van der Waals surface area (Å²) in [6, 6.07) is 34.6. The monoisotopic (exact) mass is 406 g/mol. The van der Waals surface area contributed by atoms with Crippen LogP contribution >= 0.6 is 0 Å². The largest absolute Gasteiger partial charge is 0.356 e. The minimum Gasteiger partial charge on any atom is -0.356 e. The van der Waals surface area contributed by atoms with E-state index >= 15 is 0 Å². The predicted octanol–water partition coefficient (Wildman–Crippen LogP) is 7.82. The Balaban J connectivity index is 1.84. The van der Waals surface area contributed by atoms with Gasteiger partial charge in [-0.25, -0.2) is 0 Å². The molecule has 0 aliphatic carbocycles. The fraction of sp³-hybridized carbons (Fsp3) is 0.200. The van der Waals surface area contributed by atoms with Crippen LogP contribution in [-0.4, -0.2) is 0 Å². The zero-order valence-corrected chi connectivity index (χ0v) is 18.8. The Hall–Kier alpha value is -3.16. The summed E-state index contributed by atoms with van der Waals surface area (Å²) in [5, 5.41) is 0. The molecule has 0 N–H and O–H groups in total. The summed E-state index contributed by atoms with van der Waals surface area (Å²) in [6.45, 7) is 8.54. The summed E-state index contributed by atoms with van der Waals surface area (Å²) in [4.78, 5) is 0. The molecule has 156 valence electrons. The SMILES string of the molecule is Cc1cccc(C(OC(c2cccc(C)c2)c2cccc(C)c2)c2cccc(C)c2)c1. The highest BCUT2D eigenvalue weighted by molar-refractivity contribution is 5.38. The fourth-order valence-electron chi connectivity index (χ4n) is 4.17. The Bertz CT molecular complexity index is 990. The van der Waals surface area contributed by atoms with Crippen molar-refractivity contribution in [2.24, 2.45) is 0 Å². The predicted molar refractivity (Wildman–Crippen MR) is 129 cm³/mol. The van der Waals surface area contributed by atoms with Gasteiger partial charge < -0.3 is 4.74 Å². The molecule has 0 fully saturated rings. The van der Waals surface area contributed by atoms with Crippen molar-refractivity contribution in [1.29, 1.82) is 0 Å². The van der Waals surface area contributed by atoms with Gasteiger partial charge in [-0.2, -0.15) is 0 Å². The van der Waals surface area contributed by atoms with E-state index in [0.29, 0.717) is 0 Å². The number of ether oxygens (including phenoxy) is 1. The van der Waals surface area contributed by atoms with Gasteiger partial charge in [0.15, 0.2) is 0 Å². The van der Waals surface area contributed by atoms with Gasteiger partial charge in [0, 0.05) is 0 Å². The van der Waals surface area contributed by atoms with Crippen molar-refractivity contribution in [2.45, 2.75) is 39.9 Å². The number of rotatable bonds is 6. The standard InChI is InChI=1S/C30H30O/c1-21-9-5-13-25(17-21)29(26-14-6-10-22(2)18-26)31-30(27-15-7-11-23(3)19-27)28-16-8-12-24(4)20-28/h5-20,29-30H,1-4H3. The molecule has 31 heavy (non-hydrogen) atoms. The number of benzene rings is 4. The molecule has 0 heterocycles. The first-order chi connectivity index (χ1) is 15.0. The second-order valence-electron chi connectivity index (χ2n) is 8.55. The van der Waals surface area contributed by atoms with Gasteiger partial charge in [0.2, 0.25) is 0 Å². The van der Waals surface area contributed by atoms with E-state index in [1.165, 1.54) is 44.5 Å². The third kappa shape index (κ3) is 5.13. The summed E-state index contributed by atoms with van der Waals surface area (Å²) in [5.74, 6) is 0. The topological polar surface area (TPSA) is 9.23 Å². The smallest absolute Gasteiger partial charge is 0.109 e. The van der Waals surface area contributed by atoms with Gasteiger partial charge in [-0.05, 0) is 49.9 Å². The Kier molecular flexibility index (Phi) is 6.34. The first kappa shape index (κ1) is 21.1. The summed E-state index contributed by atoms with van der Waals surface area (Å²) >= 11 is 0. The molecule has 0 aromatic heterocycles. The molecule has 1 heteroatoms. The van der Waals surface area contributed by atoms with Crippen LogP contribution < -0.4 is 0 Å². The molecule has 0 radical (unpaired) electrons. The Morgan fingerprint density at radius 3 is 0.903 bits per heavy atom. The van der Waals surface area contributed by atoms with E-state index in [0.717, 1.165) is 0 Å². The lowest BCUT2D eigenvalue weighted by Gasteiger charge is -2.27. The molecule has 0 saturated carbocycles. The van der Waals surface area contributed by atoms with Crippen LogP contribution in [0.25, 0.3) is 0 Å². The summed E-state index contributed by atoms with van der Waals surface area (Å²) in [7, 11) is 0. The molecule has 4 aromatic rings. The van der Waals surface area contributed by atoms with Crippen molar-refractivity contribution in [3.63, 3.8) is 0 Å². The number of aryl methyl sites for hydroxylation is 4. The molecule has 0 amide bonds. The first-order valence-electron chi connectivity index (χ1n) is 10.9. The molecule has 4 rings (SSSR count). The maximum absolute atomic E-state index is 7.01. The van der Waals surface area contributed by atoms with E-state index in [-0.39, 0.29) is 12.2 Å². The third-order valence-electron chi connectivity index (χ3n) is 5.65. The van der Waals surface area contributed by atoms with E-state index < -0.39 is 0 Å². The van der Waals surface area contributed by atoms with Crippen molar-refractivity contribution in [2.75, 3.05) is 0 Å². The molecule has 0 unspecified atom stereocenters. The van der Waals surface area contributed by atoms with E-state index in [2.05, 4.69) is 125 Å². The maximum atomic E-state index is 7.01. The highest BCUT2D eigenvalue weighted by atomic mass is 16.5. The molecule has 0 saturated heterocycles. The molecule has 4 aromatic carbocycles.